The zero-order chi connectivity index (χ0) is 13.9. The number of sulfonamides is 1. The number of piperazine rings is 1. The van der Waals surface area contributed by atoms with Gasteiger partial charge in [-0.25, -0.2) is 12.8 Å². The van der Waals surface area contributed by atoms with Crippen LogP contribution in [0.5, 0.6) is 0 Å². The molecule has 0 amide bonds. The second kappa shape index (κ2) is 6.07. The van der Waals surface area contributed by atoms with Gasteiger partial charge in [-0.15, -0.1) is 11.6 Å². The van der Waals surface area contributed by atoms with Gasteiger partial charge in [-0.1, -0.05) is 0 Å². The minimum atomic E-state index is -3.23. The molecule has 2 rings (SSSR count). The van der Waals surface area contributed by atoms with Crippen molar-refractivity contribution < 1.29 is 12.8 Å². The third-order valence-corrected chi connectivity index (χ3v) is 5.44. The van der Waals surface area contributed by atoms with Crippen molar-refractivity contribution in [2.75, 3.05) is 42.7 Å². The number of alkyl halides is 1. The van der Waals surface area contributed by atoms with Crippen LogP contribution in [0.15, 0.2) is 24.3 Å². The zero-order valence-corrected chi connectivity index (χ0v) is 12.0. The number of hydrogen-bond donors (Lipinski definition) is 0. The van der Waals surface area contributed by atoms with E-state index in [0.29, 0.717) is 26.2 Å². The van der Waals surface area contributed by atoms with E-state index < -0.39 is 10.0 Å². The summed E-state index contributed by atoms with van der Waals surface area (Å²) in [4.78, 5) is 2.05. The van der Waals surface area contributed by atoms with Crippen molar-refractivity contribution >= 4 is 27.3 Å². The quantitative estimate of drug-likeness (QED) is 0.792. The normalized spacial score (nSPS) is 17.7. The first-order chi connectivity index (χ1) is 9.03. The van der Waals surface area contributed by atoms with Crippen LogP contribution < -0.4 is 4.90 Å². The Morgan fingerprint density at radius 3 is 2.21 bits per heavy atom. The zero-order valence-electron chi connectivity index (χ0n) is 10.4. The molecule has 19 heavy (non-hydrogen) atoms. The van der Waals surface area contributed by atoms with E-state index in [0.717, 1.165) is 5.69 Å². The van der Waals surface area contributed by atoms with Gasteiger partial charge in [0.2, 0.25) is 10.0 Å². The lowest BCUT2D eigenvalue weighted by Crippen LogP contribution is -2.49. The monoisotopic (exact) mass is 306 g/mol. The molecule has 1 aliphatic heterocycles. The van der Waals surface area contributed by atoms with Gasteiger partial charge in [0.15, 0.2) is 0 Å². The molecule has 0 aliphatic carbocycles. The van der Waals surface area contributed by atoms with Crippen LogP contribution in [0.4, 0.5) is 10.1 Å². The fraction of sp³-hybridized carbons (Fsp3) is 0.500. The molecule has 1 saturated heterocycles. The lowest BCUT2D eigenvalue weighted by Gasteiger charge is -2.35. The maximum atomic E-state index is 12.8. The van der Waals surface area contributed by atoms with Crippen LogP contribution in [0.25, 0.3) is 0 Å². The number of rotatable bonds is 4. The van der Waals surface area contributed by atoms with Gasteiger partial charge in [-0.2, -0.15) is 4.31 Å². The Morgan fingerprint density at radius 2 is 1.68 bits per heavy atom. The van der Waals surface area contributed by atoms with E-state index in [2.05, 4.69) is 0 Å². The summed E-state index contributed by atoms with van der Waals surface area (Å²) < 4.78 is 38.0. The molecule has 1 aromatic rings. The Kier molecular flexibility index (Phi) is 4.65. The number of hydrogen-bond acceptors (Lipinski definition) is 3. The average molecular weight is 307 g/mol. The van der Waals surface area contributed by atoms with Crippen molar-refractivity contribution in [3.05, 3.63) is 30.1 Å². The smallest absolute Gasteiger partial charge is 0.215 e. The van der Waals surface area contributed by atoms with Crippen molar-refractivity contribution in [3.63, 3.8) is 0 Å². The molecule has 1 fully saturated rings. The summed E-state index contributed by atoms with van der Waals surface area (Å²) in [5.74, 6) is -0.182. The van der Waals surface area contributed by atoms with Crippen LogP contribution in [-0.2, 0) is 10.0 Å². The maximum absolute atomic E-state index is 12.8. The highest BCUT2D eigenvalue weighted by atomic mass is 35.5. The van der Waals surface area contributed by atoms with Crippen molar-refractivity contribution in [2.24, 2.45) is 0 Å². The van der Waals surface area contributed by atoms with Gasteiger partial charge in [0.25, 0.3) is 0 Å². The van der Waals surface area contributed by atoms with Crippen LogP contribution in [0.1, 0.15) is 0 Å². The van der Waals surface area contributed by atoms with Crippen LogP contribution in [-0.4, -0.2) is 50.5 Å². The molecule has 4 nitrogen and oxygen atoms in total. The minimum Gasteiger partial charge on any atom is -0.369 e. The van der Waals surface area contributed by atoms with E-state index in [9.17, 15) is 12.8 Å². The Balaban J connectivity index is 1.98. The molecule has 0 N–H and O–H groups in total. The largest absolute Gasteiger partial charge is 0.369 e. The SMILES string of the molecule is O=S(=O)(CCCl)N1CCN(c2ccc(F)cc2)CC1. The predicted octanol–water partition coefficient (Wildman–Crippen LogP) is 1.52. The second-order valence-corrected chi connectivity index (χ2v) is 6.83. The molecular formula is C12H16ClFN2O2S. The number of benzene rings is 1. The fourth-order valence-electron chi connectivity index (χ4n) is 2.10. The first-order valence-electron chi connectivity index (χ1n) is 6.07. The number of halogens is 2. The van der Waals surface area contributed by atoms with Gasteiger partial charge >= 0.3 is 0 Å². The van der Waals surface area contributed by atoms with Crippen molar-refractivity contribution in [2.45, 2.75) is 0 Å². The molecule has 0 atom stereocenters. The topological polar surface area (TPSA) is 40.6 Å². The second-order valence-electron chi connectivity index (χ2n) is 4.37. The third-order valence-electron chi connectivity index (χ3n) is 3.16. The molecule has 0 aromatic heterocycles. The van der Waals surface area contributed by atoms with Gasteiger partial charge in [0.05, 0.1) is 5.75 Å². The van der Waals surface area contributed by atoms with E-state index >= 15 is 0 Å². The van der Waals surface area contributed by atoms with Gasteiger partial charge in [-0.05, 0) is 24.3 Å². The summed E-state index contributed by atoms with van der Waals surface area (Å²) in [7, 11) is -3.23. The van der Waals surface area contributed by atoms with Crippen LogP contribution in [0.3, 0.4) is 0 Å². The lowest BCUT2D eigenvalue weighted by atomic mass is 10.2. The summed E-state index contributed by atoms with van der Waals surface area (Å²) in [6.45, 7) is 2.09. The standard InChI is InChI=1S/C12H16ClFN2O2S/c13-5-10-19(17,18)16-8-6-15(7-9-16)12-3-1-11(14)2-4-12/h1-4H,5-10H2. The summed E-state index contributed by atoms with van der Waals surface area (Å²) >= 11 is 5.49. The number of anilines is 1. The summed E-state index contributed by atoms with van der Waals surface area (Å²) in [5, 5.41) is 0. The predicted molar refractivity (Wildman–Crippen MR) is 74.7 cm³/mol. The highest BCUT2D eigenvalue weighted by Crippen LogP contribution is 2.18. The van der Waals surface area contributed by atoms with Gasteiger partial charge < -0.3 is 4.90 Å². The van der Waals surface area contributed by atoms with Crippen molar-refractivity contribution in [1.82, 2.24) is 4.31 Å². The van der Waals surface area contributed by atoms with E-state index in [1.54, 1.807) is 12.1 Å². The lowest BCUT2D eigenvalue weighted by molar-refractivity contribution is 0.385. The third kappa shape index (κ3) is 3.58. The molecule has 0 saturated carbocycles. The average Bonchev–Trinajstić information content (AvgIpc) is 2.40. The van der Waals surface area contributed by atoms with Crippen molar-refractivity contribution in [3.8, 4) is 0 Å². The first-order valence-corrected chi connectivity index (χ1v) is 8.21. The number of nitrogens with zero attached hydrogens (tertiary/aromatic N) is 2. The molecule has 1 heterocycles. The Bertz CT molecular complexity index is 513. The van der Waals surface area contributed by atoms with Crippen molar-refractivity contribution in [1.29, 1.82) is 0 Å². The fourth-order valence-corrected chi connectivity index (χ4v) is 3.86. The molecule has 0 radical (unpaired) electrons. The summed E-state index contributed by atoms with van der Waals surface area (Å²) in [6, 6.07) is 6.23. The molecular weight excluding hydrogens is 291 g/mol. The van der Waals surface area contributed by atoms with Gasteiger partial charge in [-0.3, -0.25) is 0 Å². The molecule has 1 aromatic carbocycles. The molecule has 0 bridgehead atoms. The van der Waals surface area contributed by atoms with E-state index in [1.165, 1.54) is 16.4 Å². The van der Waals surface area contributed by atoms with Gasteiger partial charge in [0.1, 0.15) is 5.82 Å². The van der Waals surface area contributed by atoms with Crippen LogP contribution >= 0.6 is 11.6 Å². The minimum absolute atomic E-state index is 0.0227. The molecule has 0 unspecified atom stereocenters. The summed E-state index contributed by atoms with van der Waals surface area (Å²) in [6.07, 6.45) is 0. The Morgan fingerprint density at radius 1 is 1.11 bits per heavy atom. The molecule has 0 spiro atoms. The molecule has 106 valence electrons. The summed E-state index contributed by atoms with van der Waals surface area (Å²) in [5.41, 5.74) is 0.913. The van der Waals surface area contributed by atoms with E-state index in [4.69, 9.17) is 11.6 Å². The molecule has 7 heteroatoms. The Hall–Kier alpha value is -0.850. The highest BCUT2D eigenvalue weighted by Gasteiger charge is 2.26. The Labute approximate surface area is 117 Å². The van der Waals surface area contributed by atoms with Crippen LogP contribution in [0, 0.1) is 5.82 Å². The highest BCUT2D eigenvalue weighted by molar-refractivity contribution is 7.89. The van der Waals surface area contributed by atoms with Gasteiger partial charge in [0, 0.05) is 37.7 Å². The molecule has 1 aliphatic rings. The first kappa shape index (κ1) is 14.6. The van der Waals surface area contributed by atoms with Crippen LogP contribution in [0.2, 0.25) is 0 Å². The van der Waals surface area contributed by atoms with E-state index in [-0.39, 0.29) is 17.5 Å². The van der Waals surface area contributed by atoms with E-state index in [1.807, 2.05) is 4.90 Å². The maximum Gasteiger partial charge on any atom is 0.215 e.